The van der Waals surface area contributed by atoms with Crippen molar-refractivity contribution in [2.24, 2.45) is 0 Å². The van der Waals surface area contributed by atoms with Gasteiger partial charge in [0.15, 0.2) is 0 Å². The summed E-state index contributed by atoms with van der Waals surface area (Å²) in [6.45, 7) is 0. The van der Waals surface area contributed by atoms with Gasteiger partial charge in [-0.3, -0.25) is 0 Å². The molecule has 2 aromatic rings. The fraction of sp³-hybridized carbons (Fsp3) is 0.0714. The molecule has 0 amide bonds. The maximum atomic E-state index is 2.28. The van der Waals surface area contributed by atoms with E-state index in [0.717, 1.165) is 0 Å². The number of fused-ring (bicyclic) bond motifs is 1. The summed E-state index contributed by atoms with van der Waals surface area (Å²) >= 11 is 0. The second-order valence-electron chi connectivity index (χ2n) is 3.68. The van der Waals surface area contributed by atoms with Gasteiger partial charge >= 0.3 is 29.6 Å². The molecule has 0 fully saturated rings. The van der Waals surface area contributed by atoms with Crippen LogP contribution in [0.2, 0.25) is 0 Å². The number of allylic oxidation sites excluding steroid dienone is 1. The van der Waals surface area contributed by atoms with Crippen molar-refractivity contribution < 1.29 is 29.6 Å². The minimum absolute atomic E-state index is 0. The number of hydrogen-bond donors (Lipinski definition) is 0. The van der Waals surface area contributed by atoms with Crippen molar-refractivity contribution in [1.29, 1.82) is 0 Å². The first-order valence-electron chi connectivity index (χ1n) is 4.94. The Morgan fingerprint density at radius 1 is 0.933 bits per heavy atom. The van der Waals surface area contributed by atoms with Crippen LogP contribution in [0.3, 0.4) is 0 Å². The van der Waals surface area contributed by atoms with Crippen molar-refractivity contribution in [2.75, 3.05) is 0 Å². The van der Waals surface area contributed by atoms with Crippen LogP contribution in [0.1, 0.15) is 22.6 Å². The Bertz CT molecular complexity index is 466. The van der Waals surface area contributed by atoms with Gasteiger partial charge in [-0.15, -0.1) is 5.56 Å². The summed E-state index contributed by atoms with van der Waals surface area (Å²) in [6.07, 6.45) is 4.49. The molecule has 0 N–H and O–H groups in total. The maximum Gasteiger partial charge on any atom is 1.00 e. The van der Waals surface area contributed by atoms with Gasteiger partial charge in [0.1, 0.15) is 0 Å². The zero-order chi connectivity index (χ0) is 9.38. The van der Waals surface area contributed by atoms with Crippen molar-refractivity contribution in [3.8, 4) is 0 Å². The fourth-order valence-corrected chi connectivity index (χ4v) is 2.14. The molecule has 0 saturated heterocycles. The van der Waals surface area contributed by atoms with E-state index < -0.39 is 0 Å². The molecule has 0 nitrogen and oxygen atoms in total. The van der Waals surface area contributed by atoms with Gasteiger partial charge in [0.25, 0.3) is 0 Å². The van der Waals surface area contributed by atoms with E-state index in [2.05, 4.69) is 60.7 Å². The van der Waals surface area contributed by atoms with Gasteiger partial charge in [0.05, 0.1) is 0 Å². The smallest absolute Gasteiger partial charge is 0.213 e. The average molecular weight is 202 g/mol. The number of benzene rings is 1. The Kier molecular flexibility index (Phi) is 3.20. The van der Waals surface area contributed by atoms with Gasteiger partial charge in [-0.1, -0.05) is 36.4 Å². The molecule has 1 aliphatic rings. The summed E-state index contributed by atoms with van der Waals surface area (Å²) in [7, 11) is 0. The van der Waals surface area contributed by atoms with Gasteiger partial charge in [-0.2, -0.15) is 12.1 Å². The van der Waals surface area contributed by atoms with Crippen LogP contribution in [-0.2, 0) is 0 Å². The third-order valence-electron chi connectivity index (χ3n) is 2.85. The maximum absolute atomic E-state index is 2.28. The standard InChI is InChI=1S/C14H11.Na/c1-2-6-11(5-1)14-10-9-12-7-3-4-8-13(12)14;/h1-10,14H;/q-1;+1. The Hall–Kier alpha value is -0.690. The van der Waals surface area contributed by atoms with Crippen molar-refractivity contribution in [2.45, 2.75) is 5.92 Å². The number of rotatable bonds is 1. The van der Waals surface area contributed by atoms with Crippen LogP contribution in [0.4, 0.5) is 0 Å². The van der Waals surface area contributed by atoms with Gasteiger partial charge in [0, 0.05) is 0 Å². The SMILES string of the molecule is C1=CC([c-]2cccc2)c2ccccc21.[Na+]. The molecule has 0 radical (unpaired) electrons. The first-order valence-corrected chi connectivity index (χ1v) is 4.94. The molecular formula is C14H11Na. The Morgan fingerprint density at radius 3 is 2.47 bits per heavy atom. The van der Waals surface area contributed by atoms with Gasteiger partial charge in [0.2, 0.25) is 0 Å². The molecule has 2 aromatic carbocycles. The van der Waals surface area contributed by atoms with E-state index in [1.807, 2.05) is 0 Å². The van der Waals surface area contributed by atoms with Crippen molar-refractivity contribution >= 4 is 6.08 Å². The molecule has 0 bridgehead atoms. The second kappa shape index (κ2) is 4.44. The minimum Gasteiger partial charge on any atom is -0.213 e. The number of hydrogen-bond acceptors (Lipinski definition) is 0. The molecule has 1 heteroatoms. The van der Waals surface area contributed by atoms with Gasteiger partial charge in [-0.05, 0) is 17.0 Å². The predicted molar refractivity (Wildman–Crippen MR) is 59.4 cm³/mol. The van der Waals surface area contributed by atoms with Crippen molar-refractivity contribution in [3.63, 3.8) is 0 Å². The summed E-state index contributed by atoms with van der Waals surface area (Å²) in [6, 6.07) is 17.2. The van der Waals surface area contributed by atoms with E-state index in [0.29, 0.717) is 5.92 Å². The third-order valence-corrected chi connectivity index (χ3v) is 2.85. The molecular weight excluding hydrogens is 191 g/mol. The molecule has 1 atom stereocenters. The summed E-state index contributed by atoms with van der Waals surface area (Å²) in [5.74, 6) is 0.473. The normalized spacial score (nSPS) is 17.2. The van der Waals surface area contributed by atoms with Crippen molar-refractivity contribution in [1.82, 2.24) is 0 Å². The van der Waals surface area contributed by atoms with Crippen LogP contribution in [0, 0.1) is 0 Å². The van der Waals surface area contributed by atoms with E-state index in [9.17, 15) is 0 Å². The zero-order valence-electron chi connectivity index (χ0n) is 8.85. The van der Waals surface area contributed by atoms with E-state index >= 15 is 0 Å². The molecule has 3 rings (SSSR count). The van der Waals surface area contributed by atoms with Crippen LogP contribution < -0.4 is 29.6 Å². The average Bonchev–Trinajstić information content (AvgIpc) is 2.85. The molecule has 1 unspecified atom stereocenters. The van der Waals surface area contributed by atoms with Crippen LogP contribution in [0.5, 0.6) is 0 Å². The summed E-state index contributed by atoms with van der Waals surface area (Å²) in [4.78, 5) is 0. The molecule has 0 heterocycles. The Balaban J connectivity index is 0.000000853. The van der Waals surface area contributed by atoms with E-state index in [1.54, 1.807) is 0 Å². The molecule has 1 aliphatic carbocycles. The van der Waals surface area contributed by atoms with Crippen LogP contribution in [0.25, 0.3) is 6.08 Å². The van der Waals surface area contributed by atoms with Gasteiger partial charge < -0.3 is 0 Å². The van der Waals surface area contributed by atoms with E-state index in [4.69, 9.17) is 0 Å². The molecule has 0 aromatic heterocycles. The Labute approximate surface area is 112 Å². The monoisotopic (exact) mass is 202 g/mol. The first-order chi connectivity index (χ1) is 6.95. The first kappa shape index (κ1) is 10.8. The second-order valence-corrected chi connectivity index (χ2v) is 3.68. The van der Waals surface area contributed by atoms with E-state index in [1.165, 1.54) is 16.7 Å². The summed E-state index contributed by atoms with van der Waals surface area (Å²) in [5, 5.41) is 0. The molecule has 0 aliphatic heterocycles. The topological polar surface area (TPSA) is 0 Å². The van der Waals surface area contributed by atoms with E-state index in [-0.39, 0.29) is 29.6 Å². The zero-order valence-corrected chi connectivity index (χ0v) is 10.9. The van der Waals surface area contributed by atoms with Crippen LogP contribution in [0.15, 0.2) is 54.6 Å². The van der Waals surface area contributed by atoms with Crippen molar-refractivity contribution in [3.05, 3.63) is 71.3 Å². The molecule has 0 saturated carbocycles. The summed E-state index contributed by atoms with van der Waals surface area (Å²) in [5.41, 5.74) is 4.18. The molecule has 68 valence electrons. The van der Waals surface area contributed by atoms with Crippen LogP contribution in [-0.4, -0.2) is 0 Å². The Morgan fingerprint density at radius 2 is 1.67 bits per heavy atom. The fourth-order valence-electron chi connectivity index (χ4n) is 2.14. The minimum atomic E-state index is 0. The molecule has 0 spiro atoms. The quantitative estimate of drug-likeness (QED) is 0.468. The summed E-state index contributed by atoms with van der Waals surface area (Å²) < 4.78 is 0. The molecule has 15 heavy (non-hydrogen) atoms. The van der Waals surface area contributed by atoms with Crippen LogP contribution >= 0.6 is 0 Å². The van der Waals surface area contributed by atoms with Gasteiger partial charge in [-0.25, -0.2) is 12.1 Å². The third kappa shape index (κ3) is 1.85. The predicted octanol–water partition coefficient (Wildman–Crippen LogP) is 0.568. The largest absolute Gasteiger partial charge is 1.00 e.